The lowest BCUT2D eigenvalue weighted by Gasteiger charge is -2.14. The molecule has 1 amide bonds. The molecule has 0 saturated heterocycles. The molecule has 102 valence electrons. The minimum absolute atomic E-state index is 0.0598. The Labute approximate surface area is 113 Å². The van der Waals surface area contributed by atoms with Gasteiger partial charge in [0.1, 0.15) is 6.61 Å². The Morgan fingerprint density at radius 3 is 2.89 bits per heavy atom. The fourth-order valence-corrected chi connectivity index (χ4v) is 1.93. The van der Waals surface area contributed by atoms with Crippen molar-refractivity contribution in [3.05, 3.63) is 47.5 Å². The maximum Gasteiger partial charge on any atom is 0.246 e. The summed E-state index contributed by atoms with van der Waals surface area (Å²) >= 11 is 0. The van der Waals surface area contributed by atoms with E-state index in [2.05, 4.69) is 16.7 Å². The van der Waals surface area contributed by atoms with E-state index in [1.807, 2.05) is 30.3 Å². The first-order valence-corrected chi connectivity index (χ1v) is 6.61. The van der Waals surface area contributed by atoms with Crippen LogP contribution in [0.25, 0.3) is 0 Å². The zero-order valence-electron chi connectivity index (χ0n) is 11.0. The Bertz CT molecular complexity index is 429. The molecular weight excluding hydrogens is 240 g/mol. The van der Waals surface area contributed by atoms with Crippen molar-refractivity contribution in [3.8, 4) is 0 Å². The number of benzene rings is 1. The predicted octanol–water partition coefficient (Wildman–Crippen LogP) is 1.24. The highest BCUT2D eigenvalue weighted by Crippen LogP contribution is 2.02. The van der Waals surface area contributed by atoms with Gasteiger partial charge < -0.3 is 15.4 Å². The molecule has 0 fully saturated rings. The summed E-state index contributed by atoms with van der Waals surface area (Å²) in [5.41, 5.74) is 2.37. The van der Waals surface area contributed by atoms with Crippen LogP contribution in [0.3, 0.4) is 0 Å². The van der Waals surface area contributed by atoms with E-state index >= 15 is 0 Å². The van der Waals surface area contributed by atoms with Gasteiger partial charge in [-0.15, -0.1) is 0 Å². The van der Waals surface area contributed by atoms with Crippen molar-refractivity contribution in [2.75, 3.05) is 26.2 Å². The van der Waals surface area contributed by atoms with Crippen molar-refractivity contribution in [1.82, 2.24) is 10.6 Å². The van der Waals surface area contributed by atoms with Crippen LogP contribution in [-0.2, 0) is 16.1 Å². The summed E-state index contributed by atoms with van der Waals surface area (Å²) in [5, 5.41) is 6.12. The van der Waals surface area contributed by atoms with E-state index in [9.17, 15) is 4.79 Å². The first-order chi connectivity index (χ1) is 9.34. The van der Waals surface area contributed by atoms with Gasteiger partial charge in [0.2, 0.25) is 5.91 Å². The van der Waals surface area contributed by atoms with Crippen LogP contribution >= 0.6 is 0 Å². The number of nitrogens with one attached hydrogen (secondary N) is 2. The van der Waals surface area contributed by atoms with Crippen molar-refractivity contribution in [1.29, 1.82) is 0 Å². The van der Waals surface area contributed by atoms with Gasteiger partial charge in [0.25, 0.3) is 0 Å². The highest BCUT2D eigenvalue weighted by atomic mass is 16.5. The monoisotopic (exact) mass is 260 g/mol. The lowest BCUT2D eigenvalue weighted by molar-refractivity contribution is -0.125. The molecule has 0 atom stereocenters. The molecule has 1 aliphatic rings. The molecule has 0 aliphatic carbocycles. The van der Waals surface area contributed by atoms with Crippen LogP contribution in [0.1, 0.15) is 12.0 Å². The minimum Gasteiger partial charge on any atom is -0.367 e. The van der Waals surface area contributed by atoms with Crippen LogP contribution in [-0.4, -0.2) is 32.1 Å². The van der Waals surface area contributed by atoms with E-state index in [0.29, 0.717) is 13.2 Å². The van der Waals surface area contributed by atoms with Crippen molar-refractivity contribution in [3.63, 3.8) is 0 Å². The lowest BCUT2D eigenvalue weighted by atomic mass is 10.1. The average molecular weight is 260 g/mol. The quantitative estimate of drug-likeness (QED) is 0.757. The molecule has 1 heterocycles. The molecule has 2 rings (SSSR count). The Morgan fingerprint density at radius 1 is 1.32 bits per heavy atom. The van der Waals surface area contributed by atoms with Gasteiger partial charge >= 0.3 is 0 Å². The molecule has 0 bridgehead atoms. The number of rotatable bonds is 6. The van der Waals surface area contributed by atoms with E-state index in [-0.39, 0.29) is 12.5 Å². The van der Waals surface area contributed by atoms with Crippen LogP contribution in [0.4, 0.5) is 0 Å². The third kappa shape index (κ3) is 5.24. The highest BCUT2D eigenvalue weighted by molar-refractivity contribution is 5.77. The molecule has 0 saturated carbocycles. The molecular formula is C15H20N2O2. The van der Waals surface area contributed by atoms with Crippen molar-refractivity contribution in [2.45, 2.75) is 13.0 Å². The summed E-state index contributed by atoms with van der Waals surface area (Å²) in [4.78, 5) is 11.6. The van der Waals surface area contributed by atoms with Gasteiger partial charge in [-0.3, -0.25) is 4.79 Å². The van der Waals surface area contributed by atoms with Gasteiger partial charge in [0, 0.05) is 13.1 Å². The Balaban J connectivity index is 1.61. The first kappa shape index (κ1) is 13.8. The van der Waals surface area contributed by atoms with E-state index in [4.69, 9.17) is 4.74 Å². The summed E-state index contributed by atoms with van der Waals surface area (Å²) in [6, 6.07) is 9.85. The minimum atomic E-state index is -0.0598. The second-order valence-electron chi connectivity index (χ2n) is 4.57. The Hall–Kier alpha value is -1.65. The fourth-order valence-electron chi connectivity index (χ4n) is 1.93. The molecule has 19 heavy (non-hydrogen) atoms. The highest BCUT2D eigenvalue weighted by Gasteiger charge is 2.05. The SMILES string of the molecule is O=C(COCc1ccccc1)NCC1=CCNCC1. The van der Waals surface area contributed by atoms with E-state index in [1.54, 1.807) is 0 Å². The number of ether oxygens (including phenoxy) is 1. The molecule has 0 radical (unpaired) electrons. The molecule has 1 aromatic rings. The maximum atomic E-state index is 11.6. The number of carbonyl (C=O) groups excluding carboxylic acids is 1. The Morgan fingerprint density at radius 2 is 2.16 bits per heavy atom. The van der Waals surface area contributed by atoms with Gasteiger partial charge in [-0.2, -0.15) is 0 Å². The zero-order valence-corrected chi connectivity index (χ0v) is 11.0. The summed E-state index contributed by atoms with van der Waals surface area (Å²) in [6.07, 6.45) is 3.14. The normalized spacial score (nSPS) is 14.8. The standard InChI is InChI=1S/C15H20N2O2/c18-15(17-10-13-6-8-16-9-7-13)12-19-11-14-4-2-1-3-5-14/h1-6,16H,7-12H2,(H,17,18). The molecule has 0 aromatic heterocycles. The van der Waals surface area contributed by atoms with Crippen molar-refractivity contribution in [2.24, 2.45) is 0 Å². The topological polar surface area (TPSA) is 50.4 Å². The van der Waals surface area contributed by atoms with Crippen LogP contribution in [0.5, 0.6) is 0 Å². The van der Waals surface area contributed by atoms with E-state index < -0.39 is 0 Å². The number of hydrogen-bond acceptors (Lipinski definition) is 3. The first-order valence-electron chi connectivity index (χ1n) is 6.61. The third-order valence-electron chi connectivity index (χ3n) is 3.02. The average Bonchev–Trinajstić information content (AvgIpc) is 2.47. The second-order valence-corrected chi connectivity index (χ2v) is 4.57. The van der Waals surface area contributed by atoms with Crippen molar-refractivity contribution >= 4 is 5.91 Å². The molecule has 1 aliphatic heterocycles. The number of carbonyl (C=O) groups is 1. The molecule has 2 N–H and O–H groups in total. The molecule has 0 unspecified atom stereocenters. The van der Waals surface area contributed by atoms with Gasteiger partial charge in [0.05, 0.1) is 6.61 Å². The molecule has 4 heteroatoms. The van der Waals surface area contributed by atoms with Gasteiger partial charge in [0.15, 0.2) is 0 Å². The maximum absolute atomic E-state index is 11.6. The number of amides is 1. The van der Waals surface area contributed by atoms with Gasteiger partial charge in [-0.1, -0.05) is 42.0 Å². The van der Waals surface area contributed by atoms with Crippen LogP contribution < -0.4 is 10.6 Å². The van der Waals surface area contributed by atoms with Crippen LogP contribution in [0.2, 0.25) is 0 Å². The van der Waals surface area contributed by atoms with Crippen LogP contribution in [0.15, 0.2) is 42.0 Å². The molecule has 0 spiro atoms. The number of hydrogen-bond donors (Lipinski definition) is 2. The predicted molar refractivity (Wildman–Crippen MR) is 74.7 cm³/mol. The van der Waals surface area contributed by atoms with E-state index in [1.165, 1.54) is 5.57 Å². The smallest absolute Gasteiger partial charge is 0.246 e. The summed E-state index contributed by atoms with van der Waals surface area (Å²) in [7, 11) is 0. The Kier molecular flexibility index (Phi) is 5.59. The second kappa shape index (κ2) is 7.71. The molecule has 1 aromatic carbocycles. The lowest BCUT2D eigenvalue weighted by Crippen LogP contribution is -2.31. The van der Waals surface area contributed by atoms with Gasteiger partial charge in [-0.05, 0) is 18.5 Å². The zero-order chi connectivity index (χ0) is 13.3. The molecule has 4 nitrogen and oxygen atoms in total. The third-order valence-corrected chi connectivity index (χ3v) is 3.02. The van der Waals surface area contributed by atoms with Crippen LogP contribution in [0, 0.1) is 0 Å². The van der Waals surface area contributed by atoms with Crippen molar-refractivity contribution < 1.29 is 9.53 Å². The largest absolute Gasteiger partial charge is 0.367 e. The summed E-state index contributed by atoms with van der Waals surface area (Å²) in [6.45, 7) is 3.11. The van der Waals surface area contributed by atoms with E-state index in [0.717, 1.165) is 25.1 Å². The summed E-state index contributed by atoms with van der Waals surface area (Å²) < 4.78 is 5.38. The fraction of sp³-hybridized carbons (Fsp3) is 0.400. The summed E-state index contributed by atoms with van der Waals surface area (Å²) in [5.74, 6) is -0.0598. The van der Waals surface area contributed by atoms with Gasteiger partial charge in [-0.25, -0.2) is 0 Å².